The van der Waals surface area contributed by atoms with Gasteiger partial charge in [0.15, 0.2) is 0 Å². The largest absolute Gasteiger partial charge is 0.379 e. The van der Waals surface area contributed by atoms with Crippen LogP contribution in [0.15, 0.2) is 48.7 Å². The van der Waals surface area contributed by atoms with E-state index in [1.54, 1.807) is 6.07 Å². The second kappa shape index (κ2) is 7.68. The van der Waals surface area contributed by atoms with Crippen LogP contribution in [0.5, 0.6) is 0 Å². The Bertz CT molecular complexity index is 899. The molecular weight excluding hydrogens is 328 g/mol. The minimum Gasteiger partial charge on any atom is -0.379 e. The van der Waals surface area contributed by atoms with Crippen molar-refractivity contribution in [3.05, 3.63) is 54.4 Å². The lowest BCUT2D eigenvalue weighted by molar-refractivity contribution is 0.0383. The topological polar surface area (TPSA) is 70.2 Å². The summed E-state index contributed by atoms with van der Waals surface area (Å²) in [5.41, 5.74) is 3.33. The van der Waals surface area contributed by atoms with Crippen LogP contribution in [-0.2, 0) is 4.74 Å². The number of nitrogens with one attached hydrogen (secondary N) is 2. The van der Waals surface area contributed by atoms with Crippen molar-refractivity contribution in [1.29, 1.82) is 0 Å². The van der Waals surface area contributed by atoms with E-state index < -0.39 is 0 Å². The predicted molar refractivity (Wildman–Crippen MR) is 101 cm³/mol. The van der Waals surface area contributed by atoms with Crippen LogP contribution in [0, 0.1) is 0 Å². The zero-order valence-corrected chi connectivity index (χ0v) is 14.6. The SMILES string of the molecule is O=C(NCCN1CCOCC1)c1cccc(-c2ccc3[nH]ccc3c2)n1. The van der Waals surface area contributed by atoms with E-state index >= 15 is 0 Å². The van der Waals surface area contributed by atoms with Gasteiger partial charge in [-0.25, -0.2) is 4.98 Å². The van der Waals surface area contributed by atoms with Gasteiger partial charge in [-0.1, -0.05) is 12.1 Å². The van der Waals surface area contributed by atoms with Crippen molar-refractivity contribution in [2.45, 2.75) is 0 Å². The molecule has 3 aromatic rings. The van der Waals surface area contributed by atoms with Crippen LogP contribution in [0.4, 0.5) is 0 Å². The number of hydrogen-bond donors (Lipinski definition) is 2. The molecule has 1 aliphatic heterocycles. The first-order valence-electron chi connectivity index (χ1n) is 8.92. The molecule has 4 rings (SSSR count). The van der Waals surface area contributed by atoms with E-state index in [4.69, 9.17) is 4.74 Å². The molecule has 134 valence electrons. The lowest BCUT2D eigenvalue weighted by atomic mass is 10.1. The number of pyridine rings is 1. The van der Waals surface area contributed by atoms with Gasteiger partial charge >= 0.3 is 0 Å². The summed E-state index contributed by atoms with van der Waals surface area (Å²) in [4.78, 5) is 22.4. The highest BCUT2D eigenvalue weighted by molar-refractivity contribution is 5.93. The Morgan fingerprint density at radius 3 is 2.96 bits per heavy atom. The molecule has 0 aliphatic carbocycles. The van der Waals surface area contributed by atoms with Crippen molar-refractivity contribution in [1.82, 2.24) is 20.2 Å². The Morgan fingerprint density at radius 1 is 1.19 bits per heavy atom. The Morgan fingerprint density at radius 2 is 2.08 bits per heavy atom. The predicted octanol–water partition coefficient (Wildman–Crippen LogP) is 2.29. The average Bonchev–Trinajstić information content (AvgIpc) is 3.16. The molecule has 0 saturated carbocycles. The van der Waals surface area contributed by atoms with E-state index in [-0.39, 0.29) is 5.91 Å². The second-order valence-electron chi connectivity index (χ2n) is 6.40. The molecule has 6 nitrogen and oxygen atoms in total. The van der Waals surface area contributed by atoms with Gasteiger partial charge in [0.25, 0.3) is 5.91 Å². The number of rotatable bonds is 5. The van der Waals surface area contributed by atoms with E-state index in [9.17, 15) is 4.79 Å². The van der Waals surface area contributed by atoms with Crippen molar-refractivity contribution in [2.75, 3.05) is 39.4 Å². The number of hydrogen-bond acceptors (Lipinski definition) is 4. The number of nitrogens with zero attached hydrogens (tertiary/aromatic N) is 2. The fraction of sp³-hybridized carbons (Fsp3) is 0.300. The number of aromatic nitrogens is 2. The minimum atomic E-state index is -0.136. The van der Waals surface area contributed by atoms with E-state index in [1.165, 1.54) is 0 Å². The van der Waals surface area contributed by atoms with Gasteiger partial charge in [-0.15, -0.1) is 0 Å². The number of carbonyl (C=O) groups excluding carboxylic acids is 1. The lowest BCUT2D eigenvalue weighted by Gasteiger charge is -2.26. The molecule has 0 spiro atoms. The number of fused-ring (bicyclic) bond motifs is 1. The first kappa shape index (κ1) is 16.8. The normalized spacial score (nSPS) is 15.2. The molecule has 0 unspecified atom stereocenters. The Balaban J connectivity index is 1.42. The van der Waals surface area contributed by atoms with E-state index in [1.807, 2.05) is 36.5 Å². The summed E-state index contributed by atoms with van der Waals surface area (Å²) in [6, 6.07) is 13.7. The summed E-state index contributed by atoms with van der Waals surface area (Å²) in [6.45, 7) is 4.82. The number of H-pyrrole nitrogens is 1. The van der Waals surface area contributed by atoms with Crippen LogP contribution in [0.2, 0.25) is 0 Å². The quantitative estimate of drug-likeness (QED) is 0.741. The molecule has 0 atom stereocenters. The fourth-order valence-electron chi connectivity index (χ4n) is 3.18. The first-order chi connectivity index (χ1) is 12.8. The molecule has 1 aliphatic rings. The highest BCUT2D eigenvalue weighted by atomic mass is 16.5. The second-order valence-corrected chi connectivity index (χ2v) is 6.40. The Kier molecular flexibility index (Phi) is 4.95. The first-order valence-corrected chi connectivity index (χ1v) is 8.92. The zero-order chi connectivity index (χ0) is 17.8. The summed E-state index contributed by atoms with van der Waals surface area (Å²) >= 11 is 0. The molecule has 26 heavy (non-hydrogen) atoms. The standard InChI is InChI=1S/C20H22N4O2/c25-20(22-8-9-24-10-12-26-13-11-24)19-3-1-2-18(23-19)15-4-5-17-16(14-15)6-7-21-17/h1-7,14,21H,8-13H2,(H,22,25). The molecule has 1 fully saturated rings. The third-order valence-corrected chi connectivity index (χ3v) is 4.65. The molecule has 0 radical (unpaired) electrons. The summed E-state index contributed by atoms with van der Waals surface area (Å²) in [5.74, 6) is -0.136. The van der Waals surface area contributed by atoms with Crippen molar-refractivity contribution >= 4 is 16.8 Å². The van der Waals surface area contributed by atoms with Crippen molar-refractivity contribution in [3.63, 3.8) is 0 Å². The molecule has 1 saturated heterocycles. The molecule has 2 N–H and O–H groups in total. The highest BCUT2D eigenvalue weighted by Crippen LogP contribution is 2.22. The fourth-order valence-corrected chi connectivity index (χ4v) is 3.18. The minimum absolute atomic E-state index is 0.136. The van der Waals surface area contributed by atoms with Crippen LogP contribution < -0.4 is 5.32 Å². The smallest absolute Gasteiger partial charge is 0.269 e. The highest BCUT2D eigenvalue weighted by Gasteiger charge is 2.12. The summed E-state index contributed by atoms with van der Waals surface area (Å²) in [7, 11) is 0. The average molecular weight is 350 g/mol. The lowest BCUT2D eigenvalue weighted by Crippen LogP contribution is -2.41. The number of amides is 1. The van der Waals surface area contributed by atoms with Crippen LogP contribution in [0.25, 0.3) is 22.2 Å². The Hall–Kier alpha value is -2.70. The van der Waals surface area contributed by atoms with Crippen LogP contribution in [0.1, 0.15) is 10.5 Å². The van der Waals surface area contributed by atoms with Crippen molar-refractivity contribution in [2.24, 2.45) is 0 Å². The molecule has 1 amide bonds. The summed E-state index contributed by atoms with van der Waals surface area (Å²) in [6.07, 6.45) is 1.92. The summed E-state index contributed by atoms with van der Waals surface area (Å²) in [5, 5.41) is 4.09. The molecule has 0 bridgehead atoms. The third-order valence-electron chi connectivity index (χ3n) is 4.65. The van der Waals surface area contributed by atoms with Gasteiger partial charge < -0.3 is 15.0 Å². The number of morpholine rings is 1. The number of aromatic amines is 1. The maximum Gasteiger partial charge on any atom is 0.269 e. The van der Waals surface area contributed by atoms with Crippen LogP contribution in [-0.4, -0.2) is 60.2 Å². The summed E-state index contributed by atoms with van der Waals surface area (Å²) < 4.78 is 5.33. The molecule has 3 heterocycles. The van der Waals surface area contributed by atoms with E-state index in [0.29, 0.717) is 12.2 Å². The van der Waals surface area contributed by atoms with Crippen LogP contribution >= 0.6 is 0 Å². The number of benzene rings is 1. The third kappa shape index (κ3) is 3.76. The van der Waals surface area contributed by atoms with E-state index in [0.717, 1.165) is 55.0 Å². The number of carbonyl (C=O) groups is 1. The van der Waals surface area contributed by atoms with Crippen molar-refractivity contribution in [3.8, 4) is 11.3 Å². The van der Waals surface area contributed by atoms with Gasteiger partial charge in [0.1, 0.15) is 5.69 Å². The monoisotopic (exact) mass is 350 g/mol. The molecule has 2 aromatic heterocycles. The van der Waals surface area contributed by atoms with Crippen LogP contribution in [0.3, 0.4) is 0 Å². The molecule has 6 heteroatoms. The molecular formula is C20H22N4O2. The van der Waals surface area contributed by atoms with Gasteiger partial charge in [0.2, 0.25) is 0 Å². The molecule has 1 aromatic carbocycles. The van der Waals surface area contributed by atoms with Gasteiger partial charge in [-0.05, 0) is 30.3 Å². The van der Waals surface area contributed by atoms with Gasteiger partial charge in [0, 0.05) is 48.8 Å². The van der Waals surface area contributed by atoms with E-state index in [2.05, 4.69) is 26.3 Å². The number of ether oxygens (including phenoxy) is 1. The Labute approximate surface area is 152 Å². The van der Waals surface area contributed by atoms with Gasteiger partial charge in [-0.2, -0.15) is 0 Å². The zero-order valence-electron chi connectivity index (χ0n) is 14.6. The maximum atomic E-state index is 12.4. The van der Waals surface area contributed by atoms with Gasteiger partial charge in [0.05, 0.1) is 18.9 Å². The van der Waals surface area contributed by atoms with Gasteiger partial charge in [-0.3, -0.25) is 9.69 Å². The van der Waals surface area contributed by atoms with Crippen molar-refractivity contribution < 1.29 is 9.53 Å². The maximum absolute atomic E-state index is 12.4.